The monoisotopic (exact) mass is 315 g/mol. The van der Waals surface area contributed by atoms with Gasteiger partial charge in [-0.1, -0.05) is 18.2 Å². The molecule has 1 aromatic carbocycles. The van der Waals surface area contributed by atoms with Crippen LogP contribution in [0.5, 0.6) is 0 Å². The molecule has 0 radical (unpaired) electrons. The van der Waals surface area contributed by atoms with E-state index in [0.717, 1.165) is 38.0 Å². The van der Waals surface area contributed by atoms with E-state index in [1.165, 1.54) is 0 Å². The number of amides is 2. The Morgan fingerprint density at radius 3 is 2.43 bits per heavy atom. The summed E-state index contributed by atoms with van der Waals surface area (Å²) in [6.45, 7) is 2.91. The van der Waals surface area contributed by atoms with Crippen molar-refractivity contribution in [3.63, 3.8) is 0 Å². The van der Waals surface area contributed by atoms with Gasteiger partial charge in [-0.15, -0.1) is 0 Å². The lowest BCUT2D eigenvalue weighted by atomic mass is 10.1. The summed E-state index contributed by atoms with van der Waals surface area (Å²) >= 11 is 0. The first kappa shape index (κ1) is 17.2. The smallest absolute Gasteiger partial charge is 0.253 e. The number of rotatable bonds is 6. The molecule has 0 spiro atoms. The quantitative estimate of drug-likeness (QED) is 0.812. The zero-order valence-electron chi connectivity index (χ0n) is 13.9. The normalized spacial score (nSPS) is 14.7. The molecule has 1 aromatic rings. The molecule has 1 N–H and O–H groups in total. The molecule has 2 rings (SSSR count). The number of likely N-dealkylation sites (tertiary alicyclic amines) is 1. The van der Waals surface area contributed by atoms with E-state index in [-0.39, 0.29) is 11.8 Å². The second-order valence-corrected chi connectivity index (χ2v) is 6.08. The Balaban J connectivity index is 1.81. The van der Waals surface area contributed by atoms with Crippen molar-refractivity contribution in [1.29, 1.82) is 0 Å². The fourth-order valence-corrected chi connectivity index (χ4v) is 2.49. The molecule has 0 aromatic heterocycles. The standard InChI is InChI=1S/C18H25N3O2/c1-20(2)11-5-6-17(22)19-14-15-7-9-16(10-8-15)18(23)21-12-3-4-13-21/h5-10H,3-4,11-14H2,1-2H3,(H,19,22)/b6-5+. The molecule has 1 fully saturated rings. The van der Waals surface area contributed by atoms with Gasteiger partial charge in [0.25, 0.3) is 5.91 Å². The summed E-state index contributed by atoms with van der Waals surface area (Å²) in [4.78, 5) is 27.8. The van der Waals surface area contributed by atoms with Crippen molar-refractivity contribution in [2.75, 3.05) is 33.7 Å². The number of likely N-dealkylation sites (N-methyl/N-ethyl adjacent to an activating group) is 1. The first-order valence-corrected chi connectivity index (χ1v) is 8.03. The van der Waals surface area contributed by atoms with Crippen LogP contribution in [-0.2, 0) is 11.3 Å². The maximum absolute atomic E-state index is 12.2. The van der Waals surface area contributed by atoms with Crippen molar-refractivity contribution < 1.29 is 9.59 Å². The molecular formula is C18H25N3O2. The van der Waals surface area contributed by atoms with Gasteiger partial charge in [0.1, 0.15) is 0 Å². The van der Waals surface area contributed by atoms with Gasteiger partial charge in [0.2, 0.25) is 5.91 Å². The molecule has 124 valence electrons. The molecule has 0 bridgehead atoms. The highest BCUT2D eigenvalue weighted by Gasteiger charge is 2.18. The second-order valence-electron chi connectivity index (χ2n) is 6.08. The highest BCUT2D eigenvalue weighted by atomic mass is 16.2. The van der Waals surface area contributed by atoms with E-state index < -0.39 is 0 Å². The van der Waals surface area contributed by atoms with Crippen molar-refractivity contribution in [2.45, 2.75) is 19.4 Å². The van der Waals surface area contributed by atoms with E-state index in [1.807, 2.05) is 54.2 Å². The maximum atomic E-state index is 12.2. The van der Waals surface area contributed by atoms with Gasteiger partial charge in [0, 0.05) is 37.8 Å². The van der Waals surface area contributed by atoms with Crippen molar-refractivity contribution in [1.82, 2.24) is 15.1 Å². The summed E-state index contributed by atoms with van der Waals surface area (Å²) in [6, 6.07) is 7.47. The van der Waals surface area contributed by atoms with Gasteiger partial charge in [0.15, 0.2) is 0 Å². The fourth-order valence-electron chi connectivity index (χ4n) is 2.49. The largest absolute Gasteiger partial charge is 0.348 e. The van der Waals surface area contributed by atoms with Crippen LogP contribution >= 0.6 is 0 Å². The van der Waals surface area contributed by atoms with Gasteiger partial charge in [-0.25, -0.2) is 0 Å². The molecule has 1 aliphatic heterocycles. The third-order valence-electron chi connectivity index (χ3n) is 3.80. The van der Waals surface area contributed by atoms with Crippen LogP contribution in [0.15, 0.2) is 36.4 Å². The predicted octanol–water partition coefficient (Wildman–Crippen LogP) is 1.66. The zero-order valence-corrected chi connectivity index (χ0v) is 13.9. The summed E-state index contributed by atoms with van der Waals surface area (Å²) in [5.41, 5.74) is 1.70. The van der Waals surface area contributed by atoms with Gasteiger partial charge in [-0.3, -0.25) is 9.59 Å². The lowest BCUT2D eigenvalue weighted by Gasteiger charge is -2.15. The highest BCUT2D eigenvalue weighted by Crippen LogP contribution is 2.13. The third-order valence-corrected chi connectivity index (χ3v) is 3.80. The van der Waals surface area contributed by atoms with Crippen LogP contribution in [0.1, 0.15) is 28.8 Å². The van der Waals surface area contributed by atoms with Gasteiger partial charge in [0.05, 0.1) is 0 Å². The summed E-state index contributed by atoms with van der Waals surface area (Å²) in [7, 11) is 3.90. The minimum absolute atomic E-state index is 0.102. The predicted molar refractivity (Wildman–Crippen MR) is 91.1 cm³/mol. The first-order chi connectivity index (χ1) is 11.1. The van der Waals surface area contributed by atoms with E-state index in [9.17, 15) is 9.59 Å². The lowest BCUT2D eigenvalue weighted by molar-refractivity contribution is -0.116. The van der Waals surface area contributed by atoms with Crippen LogP contribution in [0.4, 0.5) is 0 Å². The maximum Gasteiger partial charge on any atom is 0.253 e. The Kier molecular flexibility index (Phi) is 6.35. The summed E-state index contributed by atoms with van der Waals surface area (Å²) < 4.78 is 0. The van der Waals surface area contributed by atoms with Crippen LogP contribution in [0, 0.1) is 0 Å². The molecule has 5 heteroatoms. The molecular weight excluding hydrogens is 290 g/mol. The number of benzene rings is 1. The van der Waals surface area contributed by atoms with E-state index in [2.05, 4.69) is 5.32 Å². The number of carbonyl (C=O) groups is 2. The number of nitrogens with zero attached hydrogens (tertiary/aromatic N) is 2. The highest BCUT2D eigenvalue weighted by molar-refractivity contribution is 5.94. The number of hydrogen-bond donors (Lipinski definition) is 1. The summed E-state index contributed by atoms with van der Waals surface area (Å²) in [5, 5.41) is 2.84. The molecule has 1 aliphatic rings. The fraction of sp³-hybridized carbons (Fsp3) is 0.444. The molecule has 1 heterocycles. The van der Waals surface area contributed by atoms with Crippen molar-refractivity contribution >= 4 is 11.8 Å². The number of carbonyl (C=O) groups excluding carboxylic acids is 2. The van der Waals surface area contributed by atoms with Crippen LogP contribution in [-0.4, -0.2) is 55.3 Å². The number of hydrogen-bond acceptors (Lipinski definition) is 3. The van der Waals surface area contributed by atoms with Gasteiger partial charge in [-0.2, -0.15) is 0 Å². The second kappa shape index (κ2) is 8.48. The Morgan fingerprint density at radius 2 is 1.83 bits per heavy atom. The van der Waals surface area contributed by atoms with Crippen molar-refractivity contribution in [3.05, 3.63) is 47.5 Å². The topological polar surface area (TPSA) is 52.7 Å². The van der Waals surface area contributed by atoms with Gasteiger partial charge < -0.3 is 15.1 Å². The average Bonchev–Trinajstić information content (AvgIpc) is 3.07. The van der Waals surface area contributed by atoms with E-state index in [1.54, 1.807) is 6.08 Å². The number of nitrogens with one attached hydrogen (secondary N) is 1. The minimum Gasteiger partial charge on any atom is -0.348 e. The van der Waals surface area contributed by atoms with Gasteiger partial charge >= 0.3 is 0 Å². The van der Waals surface area contributed by atoms with Crippen molar-refractivity contribution in [3.8, 4) is 0 Å². The summed E-state index contributed by atoms with van der Waals surface area (Å²) in [5.74, 6) is -0.00576. The lowest BCUT2D eigenvalue weighted by Crippen LogP contribution is -2.27. The van der Waals surface area contributed by atoms with Crippen LogP contribution in [0.3, 0.4) is 0 Å². The SMILES string of the molecule is CN(C)C/C=C/C(=O)NCc1ccc(C(=O)N2CCCC2)cc1. The minimum atomic E-state index is -0.107. The molecule has 5 nitrogen and oxygen atoms in total. The van der Waals surface area contributed by atoms with Crippen LogP contribution < -0.4 is 5.32 Å². The molecule has 0 saturated carbocycles. The van der Waals surface area contributed by atoms with Crippen LogP contribution in [0.2, 0.25) is 0 Å². The van der Waals surface area contributed by atoms with Crippen molar-refractivity contribution in [2.24, 2.45) is 0 Å². The molecule has 0 atom stereocenters. The first-order valence-electron chi connectivity index (χ1n) is 8.03. The Morgan fingerprint density at radius 1 is 1.17 bits per heavy atom. The van der Waals surface area contributed by atoms with Crippen LogP contribution in [0.25, 0.3) is 0 Å². The molecule has 0 unspecified atom stereocenters. The van der Waals surface area contributed by atoms with E-state index in [0.29, 0.717) is 12.1 Å². The molecule has 1 saturated heterocycles. The average molecular weight is 315 g/mol. The molecule has 23 heavy (non-hydrogen) atoms. The Hall–Kier alpha value is -2.14. The Bertz CT molecular complexity index is 558. The Labute approximate surface area is 138 Å². The molecule has 2 amide bonds. The van der Waals surface area contributed by atoms with E-state index in [4.69, 9.17) is 0 Å². The van der Waals surface area contributed by atoms with E-state index >= 15 is 0 Å². The third kappa shape index (κ3) is 5.53. The van der Waals surface area contributed by atoms with Gasteiger partial charge in [-0.05, 0) is 44.6 Å². The zero-order chi connectivity index (χ0) is 16.7. The molecule has 0 aliphatic carbocycles. The summed E-state index contributed by atoms with van der Waals surface area (Å²) in [6.07, 6.45) is 5.56.